The van der Waals surface area contributed by atoms with Gasteiger partial charge in [-0.1, -0.05) is 6.07 Å². The van der Waals surface area contributed by atoms with E-state index in [-0.39, 0.29) is 5.82 Å². The Hall–Kier alpha value is -2.60. The van der Waals surface area contributed by atoms with Crippen molar-refractivity contribution in [2.24, 2.45) is 0 Å². The number of aromatic nitrogens is 2. The Morgan fingerprint density at radius 1 is 1.12 bits per heavy atom. The Bertz CT molecular complexity index is 1120. The molecule has 33 heavy (non-hydrogen) atoms. The first-order chi connectivity index (χ1) is 16.0. The zero-order valence-electron chi connectivity index (χ0n) is 18.2. The van der Waals surface area contributed by atoms with Gasteiger partial charge in [0.25, 0.3) is 0 Å². The molecule has 2 N–H and O–H groups in total. The van der Waals surface area contributed by atoms with Crippen LogP contribution in [0, 0.1) is 5.21 Å². The molecular formula is C22H27N5O5S. The first kappa shape index (κ1) is 22.2. The number of hydroxylamine groups is 1. The normalized spacial score (nSPS) is 19.1. The number of nitrogens with zero attached hydrogens (tertiary/aromatic N) is 3. The van der Waals surface area contributed by atoms with Gasteiger partial charge in [0, 0.05) is 19.4 Å². The van der Waals surface area contributed by atoms with E-state index in [1.54, 1.807) is 6.07 Å². The summed E-state index contributed by atoms with van der Waals surface area (Å²) in [6.45, 7) is 0.721. The second kappa shape index (κ2) is 8.98. The smallest absolute Gasteiger partial charge is 0.436 e. The molecule has 0 bridgehead atoms. The van der Waals surface area contributed by atoms with Crippen LogP contribution in [0.2, 0.25) is 0 Å². The van der Waals surface area contributed by atoms with Crippen molar-refractivity contribution < 1.29 is 22.4 Å². The molecule has 176 valence electrons. The topological polar surface area (TPSA) is 129 Å². The SMILES string of the molecule is O=C(Nc1c2c(cc3c1CCC3)CCC2)[NH+]([O-])S(=O)(=O)N(c1cccnn1)C1CCOCC1. The number of ether oxygens (including phenoxy) is 1. The fraction of sp³-hybridized carbons (Fsp3) is 0.500. The minimum atomic E-state index is -4.68. The van der Waals surface area contributed by atoms with Crippen LogP contribution in [-0.4, -0.2) is 43.9 Å². The molecule has 2 aromatic rings. The van der Waals surface area contributed by atoms with Crippen LogP contribution in [0.5, 0.6) is 0 Å². The monoisotopic (exact) mass is 473 g/mol. The molecule has 3 aliphatic rings. The van der Waals surface area contributed by atoms with Crippen LogP contribution >= 0.6 is 0 Å². The van der Waals surface area contributed by atoms with Gasteiger partial charge in [-0.2, -0.15) is 18.0 Å². The van der Waals surface area contributed by atoms with Gasteiger partial charge in [0.2, 0.25) is 0 Å². The second-order valence-corrected chi connectivity index (χ2v) is 10.4. The lowest BCUT2D eigenvalue weighted by molar-refractivity contribution is -0.604. The quantitative estimate of drug-likeness (QED) is 0.626. The highest BCUT2D eigenvalue weighted by molar-refractivity contribution is 7.86. The summed E-state index contributed by atoms with van der Waals surface area (Å²) in [4.78, 5) is 13.1. The van der Waals surface area contributed by atoms with Gasteiger partial charge >= 0.3 is 16.2 Å². The molecule has 2 amide bonds. The minimum absolute atomic E-state index is 0.0204. The summed E-state index contributed by atoms with van der Waals surface area (Å²) in [6, 6.07) is 3.56. The van der Waals surface area contributed by atoms with Gasteiger partial charge in [0.1, 0.15) is 0 Å². The van der Waals surface area contributed by atoms with Gasteiger partial charge < -0.3 is 9.94 Å². The summed E-state index contributed by atoms with van der Waals surface area (Å²) < 4.78 is 31.7. The van der Waals surface area contributed by atoms with Crippen molar-refractivity contribution in [2.75, 3.05) is 22.8 Å². The molecule has 1 aromatic carbocycles. The summed E-state index contributed by atoms with van der Waals surface area (Å²) in [5.41, 5.74) is 5.08. The van der Waals surface area contributed by atoms with Crippen molar-refractivity contribution in [3.8, 4) is 0 Å². The maximum atomic E-state index is 13.4. The third-order valence-corrected chi connectivity index (χ3v) is 8.35. The molecule has 10 nitrogen and oxygen atoms in total. The van der Waals surface area contributed by atoms with Crippen LogP contribution in [0.3, 0.4) is 0 Å². The van der Waals surface area contributed by atoms with Crippen molar-refractivity contribution in [2.45, 2.75) is 57.4 Å². The summed E-state index contributed by atoms with van der Waals surface area (Å²) in [7, 11) is -4.68. The van der Waals surface area contributed by atoms with E-state index in [0.717, 1.165) is 54.0 Å². The highest BCUT2D eigenvalue weighted by atomic mass is 32.2. The van der Waals surface area contributed by atoms with Gasteiger partial charge in [0.05, 0.1) is 11.7 Å². The standard InChI is InChI=1S/C22H27N5O5S/c28-22(24-21-18-6-1-4-15(18)14-16-5-2-7-19(16)21)27(29)33(30,31)26(17-9-12-32-13-10-17)20-8-3-11-23-25-20/h3,8,11,14,17,27H,1-2,4-7,9-10,12-13H2,(H,24,28). The zero-order chi connectivity index (χ0) is 23.0. The van der Waals surface area contributed by atoms with E-state index >= 15 is 0 Å². The number of nitrogens with one attached hydrogen (secondary N) is 2. The number of hydrogen-bond acceptors (Lipinski definition) is 7. The van der Waals surface area contributed by atoms with E-state index in [1.807, 2.05) is 0 Å². The molecule has 1 unspecified atom stereocenters. The molecule has 0 radical (unpaired) electrons. The van der Waals surface area contributed by atoms with E-state index in [0.29, 0.717) is 31.7 Å². The van der Waals surface area contributed by atoms with E-state index < -0.39 is 26.8 Å². The van der Waals surface area contributed by atoms with Crippen molar-refractivity contribution in [3.05, 3.63) is 51.9 Å². The predicted molar refractivity (Wildman–Crippen MR) is 121 cm³/mol. The van der Waals surface area contributed by atoms with Crippen LogP contribution in [0.1, 0.15) is 47.9 Å². The maximum absolute atomic E-state index is 13.4. The molecular weight excluding hydrogens is 446 g/mol. The van der Waals surface area contributed by atoms with Crippen molar-refractivity contribution >= 4 is 27.7 Å². The van der Waals surface area contributed by atoms with E-state index in [9.17, 15) is 18.4 Å². The molecule has 1 fully saturated rings. The van der Waals surface area contributed by atoms with Gasteiger partial charge in [-0.05, 0) is 85.8 Å². The van der Waals surface area contributed by atoms with Crippen molar-refractivity contribution in [3.63, 3.8) is 0 Å². The molecule has 1 saturated heterocycles. The number of amides is 2. The van der Waals surface area contributed by atoms with Crippen LogP contribution < -0.4 is 14.1 Å². The van der Waals surface area contributed by atoms with E-state index in [2.05, 4.69) is 21.6 Å². The average molecular weight is 474 g/mol. The number of carbonyl (C=O) groups excluding carboxylic acids is 1. The van der Waals surface area contributed by atoms with Crippen LogP contribution in [0.25, 0.3) is 0 Å². The Balaban J connectivity index is 1.46. The fourth-order valence-corrected chi connectivity index (χ4v) is 6.59. The van der Waals surface area contributed by atoms with E-state index in [4.69, 9.17) is 4.74 Å². The second-order valence-electron chi connectivity index (χ2n) is 8.70. The fourth-order valence-electron chi connectivity index (χ4n) is 5.18. The molecule has 5 rings (SSSR count). The summed E-state index contributed by atoms with van der Waals surface area (Å²) in [6.07, 6.45) is 7.66. The predicted octanol–water partition coefficient (Wildman–Crippen LogP) is 1.30. The zero-order valence-corrected chi connectivity index (χ0v) is 19.1. The van der Waals surface area contributed by atoms with Gasteiger partial charge in [-0.25, -0.2) is 9.10 Å². The average Bonchev–Trinajstić information content (AvgIpc) is 3.49. The van der Waals surface area contributed by atoms with E-state index in [1.165, 1.54) is 23.4 Å². The third kappa shape index (κ3) is 4.10. The number of quaternary nitrogens is 1. The molecule has 11 heteroatoms. The molecule has 1 aliphatic heterocycles. The number of urea groups is 1. The number of hydrogen-bond donors (Lipinski definition) is 2. The highest BCUT2D eigenvalue weighted by Gasteiger charge is 2.41. The highest BCUT2D eigenvalue weighted by Crippen LogP contribution is 2.38. The first-order valence-corrected chi connectivity index (χ1v) is 12.8. The Labute approximate surface area is 192 Å². The Morgan fingerprint density at radius 2 is 1.79 bits per heavy atom. The number of fused-ring (bicyclic) bond motifs is 2. The summed E-state index contributed by atoms with van der Waals surface area (Å²) in [5.74, 6) is 0.0204. The lowest BCUT2D eigenvalue weighted by Crippen LogP contribution is -3.14. The molecule has 1 atom stereocenters. The van der Waals surface area contributed by atoms with Crippen LogP contribution in [0.15, 0.2) is 24.4 Å². The lowest BCUT2D eigenvalue weighted by atomic mass is 9.99. The largest absolute Gasteiger partial charge is 0.608 e. The van der Waals surface area contributed by atoms with Crippen molar-refractivity contribution in [1.82, 2.24) is 10.2 Å². The number of aryl methyl sites for hydroxylation is 2. The van der Waals surface area contributed by atoms with Crippen LogP contribution in [-0.2, 0) is 40.6 Å². The number of rotatable bonds is 5. The Kier molecular flexibility index (Phi) is 6.04. The molecule has 2 heterocycles. The molecule has 0 saturated carbocycles. The first-order valence-electron chi connectivity index (χ1n) is 11.4. The maximum Gasteiger partial charge on any atom is 0.436 e. The number of anilines is 2. The molecule has 0 spiro atoms. The summed E-state index contributed by atoms with van der Waals surface area (Å²) >= 11 is 0. The summed E-state index contributed by atoms with van der Waals surface area (Å²) in [5, 5.41) is 23.5. The number of benzene rings is 1. The van der Waals surface area contributed by atoms with Crippen LogP contribution in [0.4, 0.5) is 16.3 Å². The minimum Gasteiger partial charge on any atom is -0.608 e. The lowest BCUT2D eigenvalue weighted by Gasteiger charge is -2.35. The number of carbonyl (C=O) groups is 1. The van der Waals surface area contributed by atoms with Crippen molar-refractivity contribution in [1.29, 1.82) is 0 Å². The third-order valence-electron chi connectivity index (χ3n) is 6.70. The molecule has 2 aliphatic carbocycles. The van der Waals surface area contributed by atoms with Gasteiger partial charge in [-0.3, -0.25) is 5.32 Å². The van der Waals surface area contributed by atoms with Gasteiger partial charge in [-0.15, -0.1) is 5.10 Å². The Morgan fingerprint density at radius 3 is 2.39 bits per heavy atom. The van der Waals surface area contributed by atoms with Gasteiger partial charge in [0.15, 0.2) is 5.82 Å². The molecule has 1 aromatic heterocycles.